The number of rotatable bonds is 10. The molecule has 0 saturated heterocycles. The van der Waals surface area contributed by atoms with Crippen LogP contribution in [0.25, 0.3) is 10.9 Å². The van der Waals surface area contributed by atoms with Crippen molar-refractivity contribution in [3.63, 3.8) is 0 Å². The van der Waals surface area contributed by atoms with E-state index in [2.05, 4.69) is 29.0 Å². The van der Waals surface area contributed by atoms with Crippen molar-refractivity contribution in [3.8, 4) is 5.75 Å². The van der Waals surface area contributed by atoms with Crippen molar-refractivity contribution >= 4 is 46.3 Å². The molecule has 3 aromatic rings. The number of pyridine rings is 1. The lowest BCUT2D eigenvalue weighted by molar-refractivity contribution is 0.254. The van der Waals surface area contributed by atoms with Gasteiger partial charge in [-0.1, -0.05) is 38.3 Å². The zero-order valence-corrected chi connectivity index (χ0v) is 19.3. The minimum Gasteiger partial charge on any atom is -0.508 e. The summed E-state index contributed by atoms with van der Waals surface area (Å²) in [6.07, 6.45) is 6.48. The van der Waals surface area contributed by atoms with Gasteiger partial charge in [-0.2, -0.15) is 0 Å². The van der Waals surface area contributed by atoms with Crippen molar-refractivity contribution in [2.24, 2.45) is 0 Å². The fraction of sp³-hybridized carbons (Fsp3) is 0.375. The van der Waals surface area contributed by atoms with Gasteiger partial charge in [0, 0.05) is 40.1 Å². The molecule has 2 aromatic carbocycles. The van der Waals surface area contributed by atoms with Gasteiger partial charge in [0.2, 0.25) is 0 Å². The number of benzene rings is 2. The molecular formula is C24H31Cl2N3O. The van der Waals surface area contributed by atoms with Gasteiger partial charge in [0.15, 0.2) is 0 Å². The van der Waals surface area contributed by atoms with Gasteiger partial charge in [-0.15, -0.1) is 12.4 Å². The molecule has 0 aliphatic rings. The van der Waals surface area contributed by atoms with Gasteiger partial charge in [0.1, 0.15) is 5.75 Å². The van der Waals surface area contributed by atoms with Crippen LogP contribution in [0.2, 0.25) is 5.02 Å². The van der Waals surface area contributed by atoms with Gasteiger partial charge in [-0.3, -0.25) is 9.88 Å². The molecule has 4 nitrogen and oxygen atoms in total. The molecule has 1 heterocycles. The summed E-state index contributed by atoms with van der Waals surface area (Å²) >= 11 is 6.10. The summed E-state index contributed by atoms with van der Waals surface area (Å²) in [5, 5.41) is 15.6. The third-order valence-electron chi connectivity index (χ3n) is 5.11. The summed E-state index contributed by atoms with van der Waals surface area (Å²) in [5.74, 6) is 0.347. The lowest BCUT2D eigenvalue weighted by atomic mass is 10.1. The summed E-state index contributed by atoms with van der Waals surface area (Å²) in [6, 6.07) is 13.4. The molecule has 0 spiro atoms. The van der Waals surface area contributed by atoms with E-state index in [0.717, 1.165) is 47.5 Å². The molecule has 0 unspecified atom stereocenters. The van der Waals surface area contributed by atoms with Crippen LogP contribution in [-0.2, 0) is 6.54 Å². The molecule has 3 rings (SSSR count). The molecule has 0 radical (unpaired) electrons. The number of phenolic OH excluding ortho intramolecular Hbond substituents is 1. The van der Waals surface area contributed by atoms with Crippen LogP contribution in [0, 0.1) is 0 Å². The number of nitrogens with one attached hydrogen (secondary N) is 1. The summed E-state index contributed by atoms with van der Waals surface area (Å²) < 4.78 is 0. The second-order valence-corrected chi connectivity index (χ2v) is 7.91. The summed E-state index contributed by atoms with van der Waals surface area (Å²) in [7, 11) is 0. The predicted octanol–water partition coefficient (Wildman–Crippen LogP) is 7.16. The van der Waals surface area contributed by atoms with Gasteiger partial charge in [0.05, 0.1) is 5.52 Å². The topological polar surface area (TPSA) is 48.4 Å². The molecule has 0 amide bonds. The quantitative estimate of drug-likeness (QED) is 0.323. The maximum atomic E-state index is 10.4. The Bertz CT molecular complexity index is 941. The first-order valence-corrected chi connectivity index (χ1v) is 10.8. The molecule has 0 fully saturated rings. The Balaban J connectivity index is 0.00000320. The van der Waals surface area contributed by atoms with E-state index in [1.807, 2.05) is 36.4 Å². The number of aromatic nitrogens is 1. The van der Waals surface area contributed by atoms with Gasteiger partial charge in [-0.25, -0.2) is 0 Å². The zero-order chi connectivity index (χ0) is 20.6. The molecule has 0 saturated carbocycles. The fourth-order valence-electron chi connectivity index (χ4n) is 3.45. The molecule has 162 valence electrons. The first-order chi connectivity index (χ1) is 14.1. The highest BCUT2D eigenvalue weighted by Gasteiger charge is 2.11. The Kier molecular flexibility index (Phi) is 9.70. The van der Waals surface area contributed by atoms with Crippen LogP contribution in [0.3, 0.4) is 0 Å². The number of hydrogen-bond donors (Lipinski definition) is 2. The minimum absolute atomic E-state index is 0. The molecule has 2 N–H and O–H groups in total. The predicted molar refractivity (Wildman–Crippen MR) is 130 cm³/mol. The van der Waals surface area contributed by atoms with Crippen LogP contribution >= 0.6 is 24.0 Å². The molecular weight excluding hydrogens is 417 g/mol. The molecule has 0 bridgehead atoms. The van der Waals surface area contributed by atoms with E-state index in [1.54, 1.807) is 12.3 Å². The van der Waals surface area contributed by atoms with Crippen molar-refractivity contribution in [2.45, 2.75) is 46.1 Å². The molecule has 1 aromatic heterocycles. The van der Waals surface area contributed by atoms with Crippen molar-refractivity contribution < 1.29 is 5.11 Å². The van der Waals surface area contributed by atoms with E-state index in [0.29, 0.717) is 10.8 Å². The number of nitrogens with zero attached hydrogens (tertiary/aromatic N) is 2. The van der Waals surface area contributed by atoms with E-state index in [4.69, 9.17) is 11.6 Å². The van der Waals surface area contributed by atoms with Crippen molar-refractivity contribution in [3.05, 3.63) is 59.2 Å². The largest absolute Gasteiger partial charge is 0.508 e. The van der Waals surface area contributed by atoms with E-state index >= 15 is 0 Å². The average molecular weight is 448 g/mol. The summed E-state index contributed by atoms with van der Waals surface area (Å²) in [5.41, 5.74) is 3.72. The maximum absolute atomic E-state index is 10.4. The second kappa shape index (κ2) is 12.0. The van der Waals surface area contributed by atoms with Gasteiger partial charge in [-0.05, 0) is 68.4 Å². The SMILES string of the molecule is CCCCN(CCCC)Cc1cc(Nc2ccnc3cc(Cl)ccc23)ccc1O.Cl. The molecule has 0 aliphatic carbocycles. The number of aromatic hydroxyl groups is 1. The number of unbranched alkanes of at least 4 members (excludes halogenated alkanes) is 2. The van der Waals surface area contributed by atoms with Crippen LogP contribution < -0.4 is 5.32 Å². The fourth-order valence-corrected chi connectivity index (χ4v) is 3.62. The number of hydrogen-bond acceptors (Lipinski definition) is 4. The summed E-state index contributed by atoms with van der Waals surface area (Å²) in [4.78, 5) is 6.84. The van der Waals surface area contributed by atoms with E-state index in [-0.39, 0.29) is 12.4 Å². The number of halogens is 2. The van der Waals surface area contributed by atoms with Gasteiger partial charge in [0.25, 0.3) is 0 Å². The van der Waals surface area contributed by atoms with E-state index in [1.165, 1.54) is 25.7 Å². The Morgan fingerprint density at radius 1 is 1.00 bits per heavy atom. The Hall–Kier alpha value is -2.01. The number of fused-ring (bicyclic) bond motifs is 1. The third kappa shape index (κ3) is 6.49. The molecule has 0 atom stereocenters. The lowest BCUT2D eigenvalue weighted by Gasteiger charge is -2.23. The van der Waals surface area contributed by atoms with Gasteiger partial charge < -0.3 is 10.4 Å². The maximum Gasteiger partial charge on any atom is 0.120 e. The summed E-state index contributed by atoms with van der Waals surface area (Å²) in [6.45, 7) is 7.30. The van der Waals surface area contributed by atoms with Gasteiger partial charge >= 0.3 is 0 Å². The monoisotopic (exact) mass is 447 g/mol. The third-order valence-corrected chi connectivity index (χ3v) is 5.35. The molecule has 30 heavy (non-hydrogen) atoms. The second-order valence-electron chi connectivity index (χ2n) is 7.47. The highest BCUT2D eigenvalue weighted by atomic mass is 35.5. The Morgan fingerprint density at radius 3 is 2.43 bits per heavy atom. The Labute approximate surface area is 190 Å². The van der Waals surface area contributed by atoms with E-state index < -0.39 is 0 Å². The molecule has 0 aliphatic heterocycles. The molecule has 6 heteroatoms. The van der Waals surface area contributed by atoms with Crippen molar-refractivity contribution in [1.29, 1.82) is 0 Å². The van der Waals surface area contributed by atoms with Crippen molar-refractivity contribution in [1.82, 2.24) is 9.88 Å². The average Bonchev–Trinajstić information content (AvgIpc) is 2.72. The van der Waals surface area contributed by atoms with Crippen LogP contribution in [0.4, 0.5) is 11.4 Å². The van der Waals surface area contributed by atoms with Crippen LogP contribution in [-0.4, -0.2) is 28.1 Å². The number of anilines is 2. The van der Waals surface area contributed by atoms with Crippen LogP contribution in [0.5, 0.6) is 5.75 Å². The smallest absolute Gasteiger partial charge is 0.120 e. The zero-order valence-electron chi connectivity index (χ0n) is 17.7. The Morgan fingerprint density at radius 2 is 1.73 bits per heavy atom. The van der Waals surface area contributed by atoms with Crippen LogP contribution in [0.15, 0.2) is 48.7 Å². The van der Waals surface area contributed by atoms with Crippen molar-refractivity contribution in [2.75, 3.05) is 18.4 Å². The van der Waals surface area contributed by atoms with E-state index in [9.17, 15) is 5.11 Å². The first kappa shape index (κ1) is 24.3. The highest BCUT2D eigenvalue weighted by molar-refractivity contribution is 6.31. The normalized spacial score (nSPS) is 10.9. The minimum atomic E-state index is 0. The standard InChI is InChI=1S/C24H30ClN3O.ClH/c1-3-5-13-28(14-6-4-2)17-18-15-20(8-10-24(18)29)27-22-11-12-26-23-16-19(25)7-9-21(22)23;/h7-12,15-16,29H,3-6,13-14,17H2,1-2H3,(H,26,27);1H. The highest BCUT2D eigenvalue weighted by Crippen LogP contribution is 2.29. The lowest BCUT2D eigenvalue weighted by Crippen LogP contribution is -2.25. The van der Waals surface area contributed by atoms with Crippen LogP contribution in [0.1, 0.15) is 45.1 Å². The first-order valence-electron chi connectivity index (χ1n) is 10.5. The number of phenols is 1.